The molecule has 2 nitrogen and oxygen atoms in total. The lowest BCUT2D eigenvalue weighted by Crippen LogP contribution is -2.10. The number of carbonyl (C=O) groups excluding carboxylic acids is 1. The SMILES string of the molecule is CCOC(=O)c1cccc(CCCBr)c1C(F)F. The van der Waals surface area contributed by atoms with Crippen LogP contribution in [0.15, 0.2) is 18.2 Å². The normalized spacial score (nSPS) is 10.7. The number of hydrogen-bond acceptors (Lipinski definition) is 2. The summed E-state index contributed by atoms with van der Waals surface area (Å²) in [5, 5.41) is 0.735. The number of benzene rings is 1. The Kier molecular flexibility index (Phi) is 6.25. The number of carbonyl (C=O) groups is 1. The molecule has 0 saturated heterocycles. The lowest BCUT2D eigenvalue weighted by Gasteiger charge is -2.13. The first kappa shape index (κ1) is 15.1. The fourth-order valence-corrected chi connectivity index (χ4v) is 2.01. The lowest BCUT2D eigenvalue weighted by molar-refractivity contribution is 0.0515. The molecular weight excluding hydrogens is 306 g/mol. The molecule has 1 aromatic carbocycles. The Bertz CT molecular complexity index is 408. The molecule has 0 unspecified atom stereocenters. The van der Waals surface area contributed by atoms with Crippen LogP contribution >= 0.6 is 15.9 Å². The highest BCUT2D eigenvalue weighted by Gasteiger charge is 2.22. The molecule has 0 fully saturated rings. The van der Waals surface area contributed by atoms with E-state index >= 15 is 0 Å². The average Bonchev–Trinajstić information content (AvgIpc) is 2.35. The minimum atomic E-state index is -2.67. The first-order valence-electron chi connectivity index (χ1n) is 5.74. The molecule has 0 atom stereocenters. The molecule has 0 aliphatic carbocycles. The third-order valence-corrected chi connectivity index (χ3v) is 3.05. The van der Waals surface area contributed by atoms with Gasteiger partial charge in [0.1, 0.15) is 0 Å². The van der Waals surface area contributed by atoms with E-state index in [0.717, 1.165) is 11.8 Å². The summed E-state index contributed by atoms with van der Waals surface area (Å²) in [6.07, 6.45) is -1.42. The Hall–Kier alpha value is -0.970. The van der Waals surface area contributed by atoms with Gasteiger partial charge in [-0.1, -0.05) is 28.1 Å². The molecule has 0 aliphatic rings. The van der Waals surface area contributed by atoms with E-state index in [1.165, 1.54) is 6.07 Å². The van der Waals surface area contributed by atoms with Crippen LogP contribution in [-0.4, -0.2) is 17.9 Å². The molecule has 1 rings (SSSR count). The Morgan fingerprint density at radius 1 is 1.44 bits per heavy atom. The number of aryl methyl sites for hydroxylation is 1. The van der Waals surface area contributed by atoms with Crippen LogP contribution in [0, 0.1) is 0 Å². The predicted molar refractivity (Wildman–Crippen MR) is 69.5 cm³/mol. The maximum absolute atomic E-state index is 13.1. The molecule has 18 heavy (non-hydrogen) atoms. The molecule has 5 heteroatoms. The maximum atomic E-state index is 13.1. The summed E-state index contributed by atoms with van der Waals surface area (Å²) >= 11 is 3.26. The van der Waals surface area contributed by atoms with Crippen molar-refractivity contribution in [2.24, 2.45) is 0 Å². The van der Waals surface area contributed by atoms with Crippen LogP contribution in [-0.2, 0) is 11.2 Å². The van der Waals surface area contributed by atoms with Crippen LogP contribution in [0.1, 0.15) is 41.3 Å². The van der Waals surface area contributed by atoms with Crippen molar-refractivity contribution >= 4 is 21.9 Å². The zero-order valence-electron chi connectivity index (χ0n) is 10.1. The topological polar surface area (TPSA) is 26.3 Å². The maximum Gasteiger partial charge on any atom is 0.338 e. The average molecular weight is 321 g/mol. The van der Waals surface area contributed by atoms with Crippen LogP contribution in [0.25, 0.3) is 0 Å². The third-order valence-electron chi connectivity index (χ3n) is 2.49. The fourth-order valence-electron chi connectivity index (χ4n) is 1.73. The van der Waals surface area contributed by atoms with Crippen molar-refractivity contribution in [3.8, 4) is 0 Å². The van der Waals surface area contributed by atoms with Gasteiger partial charge in [-0.3, -0.25) is 0 Å². The number of alkyl halides is 3. The third kappa shape index (κ3) is 3.77. The van der Waals surface area contributed by atoms with Crippen molar-refractivity contribution in [2.45, 2.75) is 26.2 Å². The summed E-state index contributed by atoms with van der Waals surface area (Å²) in [6, 6.07) is 4.63. The zero-order valence-corrected chi connectivity index (χ0v) is 11.7. The van der Waals surface area contributed by atoms with Gasteiger partial charge in [0.2, 0.25) is 0 Å². The molecule has 0 bridgehead atoms. The monoisotopic (exact) mass is 320 g/mol. The van der Waals surface area contributed by atoms with Gasteiger partial charge in [0.05, 0.1) is 12.2 Å². The molecule has 1 aromatic rings. The molecule has 0 N–H and O–H groups in total. The van der Waals surface area contributed by atoms with Crippen LogP contribution in [0.2, 0.25) is 0 Å². The van der Waals surface area contributed by atoms with Crippen molar-refractivity contribution in [2.75, 3.05) is 11.9 Å². The van der Waals surface area contributed by atoms with Gasteiger partial charge < -0.3 is 4.74 Å². The Balaban J connectivity index is 3.12. The van der Waals surface area contributed by atoms with Gasteiger partial charge in [0.15, 0.2) is 0 Å². The number of halogens is 3. The van der Waals surface area contributed by atoms with Gasteiger partial charge >= 0.3 is 5.97 Å². The van der Waals surface area contributed by atoms with E-state index < -0.39 is 12.4 Å². The van der Waals surface area contributed by atoms with Crippen molar-refractivity contribution in [1.82, 2.24) is 0 Å². The van der Waals surface area contributed by atoms with Crippen LogP contribution in [0.3, 0.4) is 0 Å². The Morgan fingerprint density at radius 3 is 2.72 bits per heavy atom. The standard InChI is InChI=1S/C13H15BrF2O2/c1-2-18-13(17)10-7-3-5-9(6-4-8-14)11(10)12(15)16/h3,5,7,12H,2,4,6,8H2,1H3. The first-order chi connectivity index (χ1) is 8.61. The van der Waals surface area contributed by atoms with Crippen molar-refractivity contribution in [3.63, 3.8) is 0 Å². The second-order valence-electron chi connectivity index (χ2n) is 3.69. The van der Waals surface area contributed by atoms with Gasteiger partial charge in [-0.15, -0.1) is 0 Å². The van der Waals surface area contributed by atoms with E-state index in [1.807, 2.05) is 0 Å². The highest BCUT2D eigenvalue weighted by atomic mass is 79.9. The van der Waals surface area contributed by atoms with E-state index in [-0.39, 0.29) is 17.7 Å². The summed E-state index contributed by atoms with van der Waals surface area (Å²) < 4.78 is 31.0. The Labute approximate surface area is 113 Å². The van der Waals surface area contributed by atoms with Crippen molar-refractivity contribution in [1.29, 1.82) is 0 Å². The molecule has 0 amide bonds. The number of ether oxygens (including phenoxy) is 1. The summed E-state index contributed by atoms with van der Waals surface area (Å²) in [5.41, 5.74) is 0.283. The van der Waals surface area contributed by atoms with Crippen LogP contribution in [0.5, 0.6) is 0 Å². The van der Waals surface area contributed by atoms with Gasteiger partial charge in [0.25, 0.3) is 6.43 Å². The summed E-state index contributed by atoms with van der Waals surface area (Å²) in [5.74, 6) is -0.687. The minimum absolute atomic E-state index is 0.0288. The highest BCUT2D eigenvalue weighted by Crippen LogP contribution is 2.28. The number of esters is 1. The quantitative estimate of drug-likeness (QED) is 0.582. The molecule has 0 radical (unpaired) electrons. The van der Waals surface area contributed by atoms with Gasteiger partial charge in [-0.2, -0.15) is 0 Å². The van der Waals surface area contributed by atoms with Crippen LogP contribution in [0.4, 0.5) is 8.78 Å². The fraction of sp³-hybridized carbons (Fsp3) is 0.462. The summed E-state index contributed by atoms with van der Waals surface area (Å²) in [4.78, 5) is 11.6. The van der Waals surface area contributed by atoms with Crippen LogP contribution < -0.4 is 0 Å². The van der Waals surface area contributed by atoms with Gasteiger partial charge in [0, 0.05) is 10.9 Å². The molecule has 0 saturated carbocycles. The lowest BCUT2D eigenvalue weighted by atomic mass is 9.98. The number of rotatable bonds is 6. The summed E-state index contributed by atoms with van der Waals surface area (Å²) in [6.45, 7) is 1.82. The van der Waals surface area contributed by atoms with Crippen molar-refractivity contribution in [3.05, 3.63) is 34.9 Å². The number of hydrogen-bond donors (Lipinski definition) is 0. The predicted octanol–water partition coefficient (Wildman–Crippen LogP) is 4.13. The van der Waals surface area contributed by atoms with E-state index in [9.17, 15) is 13.6 Å². The van der Waals surface area contributed by atoms with Gasteiger partial charge in [-0.05, 0) is 31.4 Å². The first-order valence-corrected chi connectivity index (χ1v) is 6.87. The zero-order chi connectivity index (χ0) is 13.5. The Morgan fingerprint density at radius 2 is 2.17 bits per heavy atom. The molecule has 0 aliphatic heterocycles. The molecule has 0 spiro atoms. The second-order valence-corrected chi connectivity index (χ2v) is 4.49. The minimum Gasteiger partial charge on any atom is -0.462 e. The molecular formula is C13H15BrF2O2. The van der Waals surface area contributed by atoms with Crippen molar-refractivity contribution < 1.29 is 18.3 Å². The molecule has 0 heterocycles. The van der Waals surface area contributed by atoms with Gasteiger partial charge in [-0.25, -0.2) is 13.6 Å². The molecule has 0 aromatic heterocycles. The second kappa shape index (κ2) is 7.46. The highest BCUT2D eigenvalue weighted by molar-refractivity contribution is 9.09. The van der Waals surface area contributed by atoms with E-state index in [1.54, 1.807) is 19.1 Å². The molecule has 100 valence electrons. The largest absolute Gasteiger partial charge is 0.462 e. The van der Waals surface area contributed by atoms with E-state index in [0.29, 0.717) is 12.0 Å². The van der Waals surface area contributed by atoms with E-state index in [2.05, 4.69) is 15.9 Å². The smallest absolute Gasteiger partial charge is 0.338 e. The van der Waals surface area contributed by atoms with E-state index in [4.69, 9.17) is 4.74 Å². The summed E-state index contributed by atoms with van der Waals surface area (Å²) in [7, 11) is 0.